The Morgan fingerprint density at radius 3 is 2.45 bits per heavy atom. The summed E-state index contributed by atoms with van der Waals surface area (Å²) in [5, 5.41) is 17.0. The molecule has 2 N–H and O–H groups in total. The van der Waals surface area contributed by atoms with Crippen molar-refractivity contribution in [2.75, 3.05) is 26.2 Å². The molecule has 218 valence electrons. The molecule has 2 amide bonds. The lowest BCUT2D eigenvalue weighted by molar-refractivity contribution is -0.146. The minimum Gasteiger partial charge on any atom is -0.424 e. The first kappa shape index (κ1) is 27.7. The molecule has 1 aliphatic carbocycles. The lowest BCUT2D eigenvalue weighted by Crippen LogP contribution is -2.62. The van der Waals surface area contributed by atoms with Crippen molar-refractivity contribution in [3.05, 3.63) is 83.0 Å². The fraction of sp³-hybridized carbons (Fsp3) is 0.452. The summed E-state index contributed by atoms with van der Waals surface area (Å²) in [5.41, 5.74) is 8.48. The Hall–Kier alpha value is -4.41. The van der Waals surface area contributed by atoms with Gasteiger partial charge in [0.1, 0.15) is 0 Å². The van der Waals surface area contributed by atoms with Gasteiger partial charge in [0, 0.05) is 49.9 Å². The second-order valence-electron chi connectivity index (χ2n) is 12.5. The van der Waals surface area contributed by atoms with E-state index >= 15 is 0 Å². The molecule has 1 spiro atoms. The SMILES string of the molecule is Cc1ccc(Cc2nnc(C3CN(C(=O)C(C=NCc4ccccc4)=CN)CC34CN(C(=O)[C@H]3CC3(C)C)C4)o2)nn1. The van der Waals surface area contributed by atoms with Crippen LogP contribution in [0.5, 0.6) is 0 Å². The normalized spacial score (nSPS) is 22.5. The number of amides is 2. The Labute approximate surface area is 244 Å². The molecule has 3 fully saturated rings. The third-order valence-corrected chi connectivity index (χ3v) is 8.81. The van der Waals surface area contributed by atoms with Gasteiger partial charge in [-0.2, -0.15) is 10.2 Å². The van der Waals surface area contributed by atoms with Gasteiger partial charge in [-0.25, -0.2) is 0 Å². The number of carbonyl (C=O) groups excluding carboxylic acids is 2. The molecule has 1 aromatic carbocycles. The zero-order valence-electron chi connectivity index (χ0n) is 24.2. The van der Waals surface area contributed by atoms with E-state index in [2.05, 4.69) is 39.2 Å². The predicted octanol–water partition coefficient (Wildman–Crippen LogP) is 2.67. The van der Waals surface area contributed by atoms with Crippen LogP contribution >= 0.6 is 0 Å². The minimum atomic E-state index is -0.376. The van der Waals surface area contributed by atoms with E-state index in [9.17, 15) is 9.59 Å². The Morgan fingerprint density at radius 1 is 1.05 bits per heavy atom. The molecule has 42 heavy (non-hydrogen) atoms. The maximum Gasteiger partial charge on any atom is 0.256 e. The maximum absolute atomic E-state index is 13.6. The first-order chi connectivity index (χ1) is 20.2. The number of nitrogens with two attached hydrogens (primary N) is 1. The summed E-state index contributed by atoms with van der Waals surface area (Å²) in [4.78, 5) is 34.9. The molecule has 2 atom stereocenters. The molecule has 0 bridgehead atoms. The van der Waals surface area contributed by atoms with Crippen molar-refractivity contribution in [1.29, 1.82) is 0 Å². The van der Waals surface area contributed by atoms with E-state index in [1.54, 1.807) is 4.90 Å². The van der Waals surface area contributed by atoms with Crippen LogP contribution in [-0.2, 0) is 22.6 Å². The smallest absolute Gasteiger partial charge is 0.256 e. The van der Waals surface area contributed by atoms with Crippen LogP contribution in [0.15, 0.2) is 63.6 Å². The number of aliphatic imine (C=N–C) groups is 1. The van der Waals surface area contributed by atoms with Gasteiger partial charge in [-0.3, -0.25) is 14.6 Å². The number of hydrogen-bond donors (Lipinski definition) is 1. The van der Waals surface area contributed by atoms with Gasteiger partial charge in [-0.1, -0.05) is 44.2 Å². The van der Waals surface area contributed by atoms with E-state index < -0.39 is 0 Å². The van der Waals surface area contributed by atoms with Crippen molar-refractivity contribution in [2.45, 2.75) is 46.1 Å². The summed E-state index contributed by atoms with van der Waals surface area (Å²) in [5.74, 6) is 0.725. The second-order valence-corrected chi connectivity index (χ2v) is 12.5. The zero-order valence-corrected chi connectivity index (χ0v) is 24.2. The summed E-state index contributed by atoms with van der Waals surface area (Å²) in [6, 6.07) is 13.6. The highest BCUT2D eigenvalue weighted by Crippen LogP contribution is 2.55. The first-order valence-electron chi connectivity index (χ1n) is 14.3. The van der Waals surface area contributed by atoms with Gasteiger partial charge in [-0.05, 0) is 36.5 Å². The molecule has 3 aromatic rings. The Morgan fingerprint density at radius 2 is 1.79 bits per heavy atom. The van der Waals surface area contributed by atoms with Gasteiger partial charge >= 0.3 is 0 Å². The molecule has 2 saturated heterocycles. The number of nitrogens with zero attached hydrogens (tertiary/aromatic N) is 7. The van der Waals surface area contributed by atoms with Gasteiger partial charge in [0.05, 0.1) is 35.8 Å². The van der Waals surface area contributed by atoms with Crippen molar-refractivity contribution >= 4 is 18.0 Å². The topological polar surface area (TPSA) is 144 Å². The number of aryl methyl sites for hydroxylation is 1. The Bertz CT molecular complexity index is 1520. The van der Waals surface area contributed by atoms with Crippen molar-refractivity contribution in [2.24, 2.45) is 27.5 Å². The molecule has 2 aromatic heterocycles. The van der Waals surface area contributed by atoms with Gasteiger partial charge in [-0.15, -0.1) is 10.2 Å². The van der Waals surface area contributed by atoms with Crippen LogP contribution < -0.4 is 5.73 Å². The van der Waals surface area contributed by atoms with Crippen LogP contribution in [0.3, 0.4) is 0 Å². The average molecular weight is 569 g/mol. The van der Waals surface area contributed by atoms with Crippen molar-refractivity contribution in [1.82, 2.24) is 30.2 Å². The molecule has 3 aliphatic rings. The number of hydrogen-bond acceptors (Lipinski definition) is 9. The molecule has 11 heteroatoms. The summed E-state index contributed by atoms with van der Waals surface area (Å²) in [6.07, 6.45) is 4.11. The van der Waals surface area contributed by atoms with E-state index in [1.807, 2.05) is 54.3 Å². The molecule has 1 unspecified atom stereocenters. The van der Waals surface area contributed by atoms with Gasteiger partial charge in [0.2, 0.25) is 17.7 Å². The van der Waals surface area contributed by atoms with Crippen LogP contribution in [0.2, 0.25) is 0 Å². The van der Waals surface area contributed by atoms with Crippen LogP contribution in [-0.4, -0.2) is 74.4 Å². The van der Waals surface area contributed by atoms with Crippen LogP contribution in [0.1, 0.15) is 54.9 Å². The fourth-order valence-electron chi connectivity index (χ4n) is 6.10. The summed E-state index contributed by atoms with van der Waals surface area (Å²) in [7, 11) is 0. The van der Waals surface area contributed by atoms with Crippen LogP contribution in [0, 0.1) is 23.7 Å². The van der Waals surface area contributed by atoms with Crippen molar-refractivity contribution < 1.29 is 14.0 Å². The molecule has 4 heterocycles. The lowest BCUT2D eigenvalue weighted by Gasteiger charge is -2.50. The predicted molar refractivity (Wildman–Crippen MR) is 155 cm³/mol. The van der Waals surface area contributed by atoms with E-state index in [0.29, 0.717) is 56.5 Å². The van der Waals surface area contributed by atoms with Crippen molar-refractivity contribution in [3.8, 4) is 0 Å². The average Bonchev–Trinajstić information content (AvgIpc) is 3.28. The number of rotatable bonds is 8. The first-order valence-corrected chi connectivity index (χ1v) is 14.3. The van der Waals surface area contributed by atoms with Crippen molar-refractivity contribution in [3.63, 3.8) is 0 Å². The van der Waals surface area contributed by atoms with Gasteiger partial charge < -0.3 is 20.0 Å². The van der Waals surface area contributed by atoms with Gasteiger partial charge in [0.25, 0.3) is 5.91 Å². The Balaban J connectivity index is 1.19. The van der Waals surface area contributed by atoms with E-state index in [1.165, 1.54) is 12.4 Å². The third-order valence-electron chi connectivity index (χ3n) is 8.81. The second kappa shape index (κ2) is 10.8. The maximum atomic E-state index is 13.6. The third kappa shape index (κ3) is 5.43. The lowest BCUT2D eigenvalue weighted by atomic mass is 9.71. The standard InChI is InChI=1S/C31H36N8O3/c1-20-9-10-23(35-34-20)11-26-36-37-27(42-26)25-16-38(17-31(25)18-39(19-31)29(41)24-12-30(24,2)3)28(40)22(13-32)15-33-14-21-7-5-4-6-8-21/h4-10,13,15,24-25H,11-12,14,16-19,32H2,1-3H3/t24-,25?/m1/s1. The fourth-order valence-corrected chi connectivity index (χ4v) is 6.10. The summed E-state index contributed by atoms with van der Waals surface area (Å²) < 4.78 is 6.15. The number of carbonyl (C=O) groups is 2. The zero-order chi connectivity index (χ0) is 29.5. The highest BCUT2D eigenvalue weighted by Gasteiger charge is 2.61. The molecule has 11 nitrogen and oxygen atoms in total. The molecule has 6 rings (SSSR count). The molecule has 1 saturated carbocycles. The minimum absolute atomic E-state index is 0.0527. The van der Waals surface area contributed by atoms with Gasteiger partial charge in [0.15, 0.2) is 0 Å². The van der Waals surface area contributed by atoms with Crippen LogP contribution in [0.4, 0.5) is 0 Å². The molecule has 2 aliphatic heterocycles. The van der Waals surface area contributed by atoms with E-state index in [-0.39, 0.29) is 34.5 Å². The molecule has 0 radical (unpaired) electrons. The monoisotopic (exact) mass is 568 g/mol. The highest BCUT2D eigenvalue weighted by molar-refractivity contribution is 6.12. The largest absolute Gasteiger partial charge is 0.424 e. The molecular formula is C31H36N8O3. The number of aromatic nitrogens is 4. The van der Waals surface area contributed by atoms with E-state index in [0.717, 1.165) is 23.4 Å². The van der Waals surface area contributed by atoms with Crippen LogP contribution in [0.25, 0.3) is 0 Å². The number of likely N-dealkylation sites (tertiary alicyclic amines) is 2. The number of benzene rings is 1. The highest BCUT2D eigenvalue weighted by atomic mass is 16.4. The Kier molecular flexibility index (Phi) is 7.12. The summed E-state index contributed by atoms with van der Waals surface area (Å²) in [6.45, 7) is 8.50. The quantitative estimate of drug-likeness (QED) is 0.323. The molecular weight excluding hydrogens is 532 g/mol. The summed E-state index contributed by atoms with van der Waals surface area (Å²) >= 11 is 0. The van der Waals surface area contributed by atoms with E-state index in [4.69, 9.17) is 10.2 Å².